The minimum atomic E-state index is -3.33. The van der Waals surface area contributed by atoms with Crippen LogP contribution in [-0.2, 0) is 17.7 Å². The summed E-state index contributed by atoms with van der Waals surface area (Å²) in [6, 6.07) is 0. The average Bonchev–Trinajstić information content (AvgIpc) is 2.28. The Morgan fingerprint density at radius 1 is 1.57 bits per heavy atom. The number of nitrogens with zero attached hydrogens (tertiary/aromatic N) is 1. The van der Waals surface area contributed by atoms with E-state index in [0.29, 0.717) is 11.3 Å². The van der Waals surface area contributed by atoms with Gasteiger partial charge in [-0.25, -0.2) is 0 Å². The first-order chi connectivity index (χ1) is 6.31. The normalized spacial score (nSPS) is 12.0. The summed E-state index contributed by atoms with van der Waals surface area (Å²) in [6.45, 7) is 3.32. The highest BCUT2D eigenvalue weighted by atomic mass is 32.9. The molecule has 0 aromatic carbocycles. The van der Waals surface area contributed by atoms with Gasteiger partial charge in [0.2, 0.25) is 5.69 Å². The van der Waals surface area contributed by atoms with E-state index in [1.54, 1.807) is 13.8 Å². The second-order valence-electron chi connectivity index (χ2n) is 2.70. The highest BCUT2D eigenvalue weighted by Crippen LogP contribution is 2.51. The maximum Gasteiger partial charge on any atom is 0.286 e. The van der Waals surface area contributed by atoms with E-state index >= 15 is 0 Å². The van der Waals surface area contributed by atoms with Crippen molar-refractivity contribution < 1.29 is 14.3 Å². The summed E-state index contributed by atoms with van der Waals surface area (Å²) >= 11 is 5.12. The lowest BCUT2D eigenvalue weighted by Gasteiger charge is -2.04. The third kappa shape index (κ3) is 2.96. The Balaban J connectivity index is 2.84. The van der Waals surface area contributed by atoms with Gasteiger partial charge in [-0.2, -0.15) is 4.74 Å². The van der Waals surface area contributed by atoms with Crippen molar-refractivity contribution in [1.29, 1.82) is 0 Å². The summed E-state index contributed by atoms with van der Waals surface area (Å²) in [7, 11) is 0. The molecule has 0 radical (unpaired) electrons. The molecule has 0 atom stereocenters. The Morgan fingerprint density at radius 3 is 2.50 bits per heavy atom. The van der Waals surface area contributed by atoms with Crippen LogP contribution in [0.15, 0.2) is 9.32 Å². The summed E-state index contributed by atoms with van der Waals surface area (Å²) in [5, 5.41) is 0. The first-order valence-corrected chi connectivity index (χ1v) is 7.98. The molecule has 0 unspecified atom stereocenters. The molecule has 1 rings (SSSR count). The first kappa shape index (κ1) is 12.0. The molecule has 0 saturated heterocycles. The highest BCUT2D eigenvalue weighted by Gasteiger charge is 2.13. The van der Waals surface area contributed by atoms with Crippen molar-refractivity contribution in [2.45, 2.75) is 19.7 Å². The topological polar surface area (TPSA) is 75.6 Å². The maximum atomic E-state index is 11.4. The van der Waals surface area contributed by atoms with Crippen molar-refractivity contribution in [1.82, 2.24) is 4.74 Å². The van der Waals surface area contributed by atoms with Gasteiger partial charge in [-0.15, -0.1) is 0 Å². The molecule has 2 N–H and O–H groups in total. The molecule has 1 aromatic heterocycles. The zero-order valence-corrected chi connectivity index (χ0v) is 10.2. The zero-order valence-electron chi connectivity index (χ0n) is 7.63. The second kappa shape index (κ2) is 4.20. The zero-order chi connectivity index (χ0) is 10.9. The number of aryl methyl sites for hydroxylation is 1. The molecule has 0 bridgehead atoms. The van der Waals surface area contributed by atoms with Crippen LogP contribution in [0.1, 0.15) is 11.3 Å². The maximum absolute atomic E-state index is 11.4. The molecular weight excluding hydrogens is 245 g/mol. The standard InChI is InChI=1S/C6H10NO4PS2/c1-4-5(2)11-7(6(4)8)3-14-12(9,10)13/h3H2,1-2H3,(H2,9,10,13). The number of aromatic nitrogens is 1. The van der Waals surface area contributed by atoms with Gasteiger partial charge in [0.1, 0.15) is 11.6 Å². The van der Waals surface area contributed by atoms with E-state index in [0.717, 1.165) is 16.1 Å². The van der Waals surface area contributed by atoms with Crippen molar-refractivity contribution in [2.75, 3.05) is 0 Å². The lowest BCUT2D eigenvalue weighted by molar-refractivity contribution is 0.279. The van der Waals surface area contributed by atoms with Crippen molar-refractivity contribution >= 4 is 28.9 Å². The Kier molecular flexibility index (Phi) is 3.60. The molecule has 1 heterocycles. The molecule has 0 amide bonds. The molecule has 0 aliphatic carbocycles. The lowest BCUT2D eigenvalue weighted by Crippen LogP contribution is -2.14. The van der Waals surface area contributed by atoms with Gasteiger partial charge in [0.05, 0.1) is 5.56 Å². The Bertz CT molecular complexity index is 432. The highest BCUT2D eigenvalue weighted by molar-refractivity contribution is 8.66. The number of hydrogen-bond acceptors (Lipinski definition) is 4. The molecule has 0 fully saturated rings. The summed E-state index contributed by atoms with van der Waals surface area (Å²) in [6.07, 6.45) is 0. The smallest absolute Gasteiger partial charge is 0.286 e. The van der Waals surface area contributed by atoms with E-state index in [1.807, 2.05) is 0 Å². The van der Waals surface area contributed by atoms with Crippen molar-refractivity contribution in [3.63, 3.8) is 0 Å². The SMILES string of the molecule is Cc1on(CSP(O)(O)=S)c(=O)c1C. The predicted molar refractivity (Wildman–Crippen MR) is 58.8 cm³/mol. The van der Waals surface area contributed by atoms with E-state index < -0.39 is 5.69 Å². The lowest BCUT2D eigenvalue weighted by atomic mass is 10.3. The van der Waals surface area contributed by atoms with E-state index in [2.05, 4.69) is 11.8 Å². The van der Waals surface area contributed by atoms with Gasteiger partial charge in [0.15, 0.2) is 0 Å². The third-order valence-electron chi connectivity index (χ3n) is 1.67. The summed E-state index contributed by atoms with van der Waals surface area (Å²) in [4.78, 5) is 29.2. The van der Waals surface area contributed by atoms with E-state index in [-0.39, 0.29) is 11.4 Å². The molecule has 8 heteroatoms. The minimum absolute atomic E-state index is 0.0256. The Morgan fingerprint density at radius 2 is 2.14 bits per heavy atom. The Hall–Kier alpha value is -0.0700. The fraction of sp³-hybridized carbons (Fsp3) is 0.500. The molecule has 0 spiro atoms. The average molecular weight is 255 g/mol. The van der Waals surface area contributed by atoms with Gasteiger partial charge in [-0.1, -0.05) is 0 Å². The van der Waals surface area contributed by atoms with Gasteiger partial charge in [-0.05, 0) is 37.0 Å². The number of hydrogen-bond donors (Lipinski definition) is 2. The van der Waals surface area contributed by atoms with E-state index in [9.17, 15) is 4.79 Å². The summed E-state index contributed by atoms with van der Waals surface area (Å²) in [5.41, 5.74) is -3.07. The fourth-order valence-electron chi connectivity index (χ4n) is 0.825. The molecule has 80 valence electrons. The fourth-order valence-corrected chi connectivity index (χ4v) is 2.44. The van der Waals surface area contributed by atoms with Gasteiger partial charge in [0.25, 0.3) is 5.56 Å². The van der Waals surface area contributed by atoms with Crippen LogP contribution in [0.3, 0.4) is 0 Å². The molecule has 0 aliphatic rings. The molecular formula is C6H10NO4PS2. The largest absolute Gasteiger partial charge is 0.380 e. The van der Waals surface area contributed by atoms with Crippen LogP contribution in [-0.4, -0.2) is 14.5 Å². The van der Waals surface area contributed by atoms with Crippen LogP contribution in [0.4, 0.5) is 0 Å². The molecule has 5 nitrogen and oxygen atoms in total. The predicted octanol–water partition coefficient (Wildman–Crippen LogP) is 0.958. The van der Waals surface area contributed by atoms with Crippen LogP contribution < -0.4 is 5.56 Å². The van der Waals surface area contributed by atoms with Gasteiger partial charge < -0.3 is 14.3 Å². The van der Waals surface area contributed by atoms with Crippen LogP contribution in [0.2, 0.25) is 0 Å². The van der Waals surface area contributed by atoms with Crippen molar-refractivity contribution in [3.8, 4) is 0 Å². The summed E-state index contributed by atoms with van der Waals surface area (Å²) < 4.78 is 6.13. The second-order valence-corrected chi connectivity index (χ2v) is 8.73. The van der Waals surface area contributed by atoms with Crippen molar-refractivity contribution in [2.24, 2.45) is 0 Å². The number of rotatable bonds is 3. The molecule has 14 heavy (non-hydrogen) atoms. The monoisotopic (exact) mass is 255 g/mol. The van der Waals surface area contributed by atoms with Gasteiger partial charge >= 0.3 is 0 Å². The van der Waals surface area contributed by atoms with Crippen LogP contribution in [0.25, 0.3) is 0 Å². The Labute approximate surface area is 89.6 Å². The van der Waals surface area contributed by atoms with Gasteiger partial charge in [-0.3, -0.25) is 4.79 Å². The van der Waals surface area contributed by atoms with Crippen LogP contribution in [0.5, 0.6) is 0 Å². The minimum Gasteiger partial charge on any atom is -0.380 e. The quantitative estimate of drug-likeness (QED) is 0.783. The molecule has 1 aromatic rings. The van der Waals surface area contributed by atoms with E-state index in [1.165, 1.54) is 0 Å². The molecule has 0 saturated carbocycles. The van der Waals surface area contributed by atoms with Crippen LogP contribution in [0, 0.1) is 13.8 Å². The van der Waals surface area contributed by atoms with E-state index in [4.69, 9.17) is 14.3 Å². The first-order valence-electron chi connectivity index (χ1n) is 3.68. The summed E-state index contributed by atoms with van der Waals surface area (Å²) in [5.74, 6) is 0.553. The third-order valence-corrected chi connectivity index (χ3v) is 4.66. The van der Waals surface area contributed by atoms with Crippen LogP contribution >= 0.6 is 17.1 Å². The molecule has 0 aliphatic heterocycles. The van der Waals surface area contributed by atoms with Crippen molar-refractivity contribution in [3.05, 3.63) is 21.7 Å². The van der Waals surface area contributed by atoms with Gasteiger partial charge in [0, 0.05) is 0 Å².